The number of sulfone groups is 1. The van der Waals surface area contributed by atoms with Crippen LogP contribution in [0, 0.1) is 0 Å². The Morgan fingerprint density at radius 3 is 2.61 bits per heavy atom. The summed E-state index contributed by atoms with van der Waals surface area (Å²) in [6.07, 6.45) is 2.04. The minimum atomic E-state index is -2.94. The number of anilines is 1. The number of rotatable bonds is 6. The summed E-state index contributed by atoms with van der Waals surface area (Å²) in [7, 11) is -1.04. The van der Waals surface area contributed by atoms with Gasteiger partial charge in [0.05, 0.1) is 5.75 Å². The van der Waals surface area contributed by atoms with Crippen molar-refractivity contribution in [1.82, 2.24) is 0 Å². The van der Waals surface area contributed by atoms with Gasteiger partial charge in [-0.05, 0) is 30.7 Å². The molecule has 0 saturated carbocycles. The second kappa shape index (κ2) is 6.54. The third kappa shape index (κ3) is 4.96. The van der Waals surface area contributed by atoms with Gasteiger partial charge >= 0.3 is 0 Å². The van der Waals surface area contributed by atoms with E-state index < -0.39 is 9.84 Å². The van der Waals surface area contributed by atoms with Crippen LogP contribution < -0.4 is 10.6 Å². The van der Waals surface area contributed by atoms with E-state index in [-0.39, 0.29) is 5.75 Å². The standard InChI is InChI=1S/C12H19BrN2O2S/c1-15(7-8-18(2,16)17)12-9-11(13)4-3-10(12)5-6-14/h3-4,9H,5-8,14H2,1-2H3. The van der Waals surface area contributed by atoms with Gasteiger partial charge in [0.15, 0.2) is 0 Å². The summed E-state index contributed by atoms with van der Waals surface area (Å²) < 4.78 is 23.4. The first-order valence-electron chi connectivity index (χ1n) is 5.71. The number of hydrogen-bond donors (Lipinski definition) is 1. The van der Waals surface area contributed by atoms with E-state index in [9.17, 15) is 8.42 Å². The number of nitrogens with zero attached hydrogens (tertiary/aromatic N) is 1. The summed E-state index contributed by atoms with van der Waals surface area (Å²) in [4.78, 5) is 1.96. The average molecular weight is 335 g/mol. The highest BCUT2D eigenvalue weighted by Crippen LogP contribution is 2.24. The van der Waals surface area contributed by atoms with Gasteiger partial charge < -0.3 is 10.6 Å². The van der Waals surface area contributed by atoms with Crippen LogP contribution in [0.4, 0.5) is 5.69 Å². The third-order valence-electron chi connectivity index (χ3n) is 2.67. The van der Waals surface area contributed by atoms with Crippen molar-refractivity contribution in [1.29, 1.82) is 0 Å². The predicted octanol–water partition coefficient (Wildman–Crippen LogP) is 1.43. The van der Waals surface area contributed by atoms with E-state index in [1.807, 2.05) is 30.1 Å². The lowest BCUT2D eigenvalue weighted by Crippen LogP contribution is -2.26. The molecule has 1 aromatic carbocycles. The van der Waals surface area contributed by atoms with Crippen molar-refractivity contribution >= 4 is 31.5 Å². The molecule has 0 amide bonds. The van der Waals surface area contributed by atoms with Crippen LogP contribution in [0.3, 0.4) is 0 Å². The summed E-state index contributed by atoms with van der Waals surface area (Å²) >= 11 is 3.43. The molecule has 0 radical (unpaired) electrons. The maximum Gasteiger partial charge on any atom is 0.149 e. The van der Waals surface area contributed by atoms with Crippen LogP contribution in [0.1, 0.15) is 5.56 Å². The number of benzene rings is 1. The Morgan fingerprint density at radius 1 is 1.39 bits per heavy atom. The topological polar surface area (TPSA) is 63.4 Å². The molecule has 0 aliphatic carbocycles. The molecule has 0 aliphatic heterocycles. The molecule has 0 bridgehead atoms. The minimum Gasteiger partial charge on any atom is -0.373 e. The van der Waals surface area contributed by atoms with Gasteiger partial charge in [-0.2, -0.15) is 0 Å². The normalized spacial score (nSPS) is 11.6. The molecule has 102 valence electrons. The van der Waals surface area contributed by atoms with Gasteiger partial charge in [-0.3, -0.25) is 0 Å². The van der Waals surface area contributed by atoms with Gasteiger partial charge in [-0.1, -0.05) is 22.0 Å². The first-order chi connectivity index (χ1) is 8.33. The zero-order chi connectivity index (χ0) is 13.8. The quantitative estimate of drug-likeness (QED) is 0.854. The summed E-state index contributed by atoms with van der Waals surface area (Å²) in [6.45, 7) is 1.06. The summed E-state index contributed by atoms with van der Waals surface area (Å²) in [6, 6.07) is 5.98. The largest absolute Gasteiger partial charge is 0.373 e. The van der Waals surface area contributed by atoms with E-state index >= 15 is 0 Å². The third-order valence-corrected chi connectivity index (χ3v) is 4.09. The Kier molecular flexibility index (Phi) is 5.62. The van der Waals surface area contributed by atoms with Crippen molar-refractivity contribution in [3.8, 4) is 0 Å². The van der Waals surface area contributed by atoms with Crippen molar-refractivity contribution in [3.63, 3.8) is 0 Å². The van der Waals surface area contributed by atoms with Crippen LogP contribution >= 0.6 is 15.9 Å². The van der Waals surface area contributed by atoms with E-state index in [0.29, 0.717) is 13.1 Å². The SMILES string of the molecule is CN(CCS(C)(=O)=O)c1cc(Br)ccc1CCN. The lowest BCUT2D eigenvalue weighted by molar-refractivity contribution is 0.601. The molecule has 0 heterocycles. The van der Waals surface area contributed by atoms with Crippen molar-refractivity contribution in [3.05, 3.63) is 28.2 Å². The van der Waals surface area contributed by atoms with Crippen LogP contribution in [0.2, 0.25) is 0 Å². The Balaban J connectivity index is 2.89. The van der Waals surface area contributed by atoms with E-state index in [1.165, 1.54) is 6.26 Å². The van der Waals surface area contributed by atoms with Gasteiger partial charge in [-0.25, -0.2) is 8.42 Å². The molecule has 4 nitrogen and oxygen atoms in total. The number of halogens is 1. The zero-order valence-electron chi connectivity index (χ0n) is 10.7. The highest BCUT2D eigenvalue weighted by atomic mass is 79.9. The highest BCUT2D eigenvalue weighted by molar-refractivity contribution is 9.10. The van der Waals surface area contributed by atoms with Crippen molar-refractivity contribution < 1.29 is 8.42 Å². The van der Waals surface area contributed by atoms with Gasteiger partial charge in [0.2, 0.25) is 0 Å². The molecular weight excluding hydrogens is 316 g/mol. The Morgan fingerprint density at radius 2 is 2.06 bits per heavy atom. The monoisotopic (exact) mass is 334 g/mol. The lowest BCUT2D eigenvalue weighted by atomic mass is 10.1. The second-order valence-electron chi connectivity index (χ2n) is 4.36. The Bertz CT molecular complexity index is 503. The molecule has 0 unspecified atom stereocenters. The average Bonchev–Trinajstić information content (AvgIpc) is 2.27. The van der Waals surface area contributed by atoms with E-state index in [0.717, 1.165) is 22.1 Å². The molecule has 0 spiro atoms. The smallest absolute Gasteiger partial charge is 0.149 e. The van der Waals surface area contributed by atoms with Gasteiger partial charge in [0.1, 0.15) is 9.84 Å². The molecule has 18 heavy (non-hydrogen) atoms. The Labute approximate surface area is 117 Å². The Hall–Kier alpha value is -0.590. The fourth-order valence-corrected chi connectivity index (χ4v) is 2.64. The van der Waals surface area contributed by atoms with Crippen LogP contribution in [-0.4, -0.2) is 40.6 Å². The van der Waals surface area contributed by atoms with Crippen molar-refractivity contribution in [2.24, 2.45) is 5.73 Å². The fourth-order valence-electron chi connectivity index (χ4n) is 1.68. The molecule has 0 aliphatic rings. The minimum absolute atomic E-state index is 0.151. The molecule has 0 aromatic heterocycles. The van der Waals surface area contributed by atoms with Crippen LogP contribution in [0.25, 0.3) is 0 Å². The van der Waals surface area contributed by atoms with Crippen LogP contribution in [0.15, 0.2) is 22.7 Å². The molecule has 0 fully saturated rings. The molecule has 2 N–H and O–H groups in total. The molecule has 0 saturated heterocycles. The van der Waals surface area contributed by atoms with Gasteiger partial charge in [0, 0.05) is 30.0 Å². The first-order valence-corrected chi connectivity index (χ1v) is 8.56. The fraction of sp³-hybridized carbons (Fsp3) is 0.500. The molecule has 0 atom stereocenters. The number of hydrogen-bond acceptors (Lipinski definition) is 4. The maximum atomic E-state index is 11.2. The van der Waals surface area contributed by atoms with E-state index in [1.54, 1.807) is 0 Å². The van der Waals surface area contributed by atoms with E-state index in [2.05, 4.69) is 15.9 Å². The van der Waals surface area contributed by atoms with Gasteiger partial charge in [0.25, 0.3) is 0 Å². The maximum absolute atomic E-state index is 11.2. The van der Waals surface area contributed by atoms with Crippen LogP contribution in [-0.2, 0) is 16.3 Å². The highest BCUT2D eigenvalue weighted by Gasteiger charge is 2.10. The zero-order valence-corrected chi connectivity index (χ0v) is 13.1. The molecule has 1 aromatic rings. The predicted molar refractivity (Wildman–Crippen MR) is 79.9 cm³/mol. The molecule has 6 heteroatoms. The van der Waals surface area contributed by atoms with Crippen molar-refractivity contribution in [2.75, 3.05) is 37.0 Å². The second-order valence-corrected chi connectivity index (χ2v) is 7.54. The number of nitrogens with two attached hydrogens (primary N) is 1. The van der Waals surface area contributed by atoms with E-state index in [4.69, 9.17) is 5.73 Å². The summed E-state index contributed by atoms with van der Waals surface area (Å²) in [5.41, 5.74) is 7.75. The lowest BCUT2D eigenvalue weighted by Gasteiger charge is -2.22. The molecule has 1 rings (SSSR count). The van der Waals surface area contributed by atoms with Crippen molar-refractivity contribution in [2.45, 2.75) is 6.42 Å². The van der Waals surface area contributed by atoms with Gasteiger partial charge in [-0.15, -0.1) is 0 Å². The van der Waals surface area contributed by atoms with Crippen LogP contribution in [0.5, 0.6) is 0 Å². The summed E-state index contributed by atoms with van der Waals surface area (Å²) in [5.74, 6) is 0.151. The molecular formula is C12H19BrN2O2S. The first kappa shape index (κ1) is 15.5. The summed E-state index contributed by atoms with van der Waals surface area (Å²) in [5, 5.41) is 0.